The van der Waals surface area contributed by atoms with E-state index in [-0.39, 0.29) is 29.3 Å². The van der Waals surface area contributed by atoms with Crippen LogP contribution in [0.3, 0.4) is 0 Å². The van der Waals surface area contributed by atoms with E-state index in [1.807, 2.05) is 23.5 Å². The van der Waals surface area contributed by atoms with Crippen molar-refractivity contribution in [2.75, 3.05) is 39.6 Å². The van der Waals surface area contributed by atoms with E-state index in [1.54, 1.807) is 68.0 Å². The number of aromatic nitrogens is 4. The second kappa shape index (κ2) is 52.8. The van der Waals surface area contributed by atoms with E-state index in [1.165, 1.54) is 178 Å². The summed E-state index contributed by atoms with van der Waals surface area (Å²) in [4.78, 5) is 69.2. The van der Waals surface area contributed by atoms with Crippen molar-refractivity contribution in [3.05, 3.63) is 148 Å². The summed E-state index contributed by atoms with van der Waals surface area (Å²) >= 11 is 19.1. The first kappa shape index (κ1) is 112. The third-order valence-electron chi connectivity index (χ3n) is 30.4. The summed E-state index contributed by atoms with van der Waals surface area (Å²) in [6, 6.07) is 36.1. The predicted molar refractivity (Wildman–Crippen MR) is 648 cm³/mol. The molecule has 0 saturated carbocycles. The van der Waals surface area contributed by atoms with E-state index < -0.39 is 0 Å². The topological polar surface area (TPSA) is 175 Å². The van der Waals surface area contributed by atoms with Crippen LogP contribution in [0.4, 0.5) is 0 Å². The lowest BCUT2D eigenvalue weighted by Crippen LogP contribution is -2.25. The summed E-state index contributed by atoms with van der Waals surface area (Å²) in [5.41, 5.74) is 15.6. The Labute approximate surface area is 930 Å². The SMILES string of the molecule is CCCCCCC1(CCCCCC)c2cc(C)ccc2-c2ccc(-c3sc(-c4ccc(-c5sc(C)c6cc(C(=O)OCC(CC)CCCC)sc56)c5nsnc45)c4sc(C(=O)OCC(CC)CCCC)cc34)cc21.CCCCCCOc1c2cc(-c3sc(-c4ccc(-c5sc(C)c6cc(C(=O)OCC(CC)CCCC)sc56)c5nsnc45)c4sc(C(=O)OCC(CC)CCCC)cc34)sc2c(OCCCCCC)c2cc(C)sc12. The van der Waals surface area contributed by atoms with Crippen molar-refractivity contribution in [2.45, 2.75) is 335 Å². The van der Waals surface area contributed by atoms with Crippen LogP contribution in [0.2, 0.25) is 0 Å². The van der Waals surface area contributed by atoms with Gasteiger partial charge in [-0.05, 0) is 173 Å². The van der Waals surface area contributed by atoms with Gasteiger partial charge in [0.1, 0.15) is 53.1 Å². The number of hydrogen-bond acceptors (Lipinski definition) is 26. The number of rotatable bonds is 56. The van der Waals surface area contributed by atoms with E-state index >= 15 is 0 Å². The molecule has 149 heavy (non-hydrogen) atoms. The molecule has 0 spiro atoms. The number of benzene rings is 5. The van der Waals surface area contributed by atoms with Gasteiger partial charge in [-0.2, -0.15) is 17.5 Å². The zero-order chi connectivity index (χ0) is 105. The van der Waals surface area contributed by atoms with Gasteiger partial charge in [-0.25, -0.2) is 19.2 Å². The van der Waals surface area contributed by atoms with Crippen molar-refractivity contribution >= 4 is 243 Å². The fourth-order valence-electron chi connectivity index (χ4n) is 21.4. The standard InChI is InChI=1S/C63H76N2O4S5.C60H72N2O6S7/c1-9-15-19-21-31-63(32-22-20-16-10-2)50-33-39(7)25-27-44(50)45-28-26-43(34-51(45)63)56-49-36-53(62(67)69-38-42(14-6)24-18-12-4)72-60(49)58(73-56)47-30-29-46(54-55(47)65-74-64-54)57-59-48(40(8)70-57)35-52(71-59)61(66)68-37-41(13-5)23-17-11-3;1-9-15-19-21-27-65-50-42-29-35(7)69-53(42)51(66-28-22-20-16-10-2)43-31-45(71-54(43)50)52-44-32-47(60(64)68-34-38(14-6)24-18-12-4)73-58(44)56(74-52)40-26-25-39(48-49(40)62-75-61-48)55-57-41(36(8)70-55)30-46(72-57)59(63)67-33-37(13-5)23-17-11-3/h25-30,33-36,41-42H,9-24,31-32,37-38H2,1-8H3;25-26,29-32,37-38H,9-24,27-28,33-34H2,1-8H3. The minimum atomic E-state index is -0.272. The molecule has 0 bridgehead atoms. The Morgan fingerprint density at radius 2 is 0.631 bits per heavy atom. The van der Waals surface area contributed by atoms with Crippen LogP contribution < -0.4 is 9.47 Å². The number of unbranched alkanes of at least 4 members (excludes halogenated alkanes) is 16. The molecule has 0 aliphatic heterocycles. The van der Waals surface area contributed by atoms with Crippen LogP contribution in [0.15, 0.2) is 97.1 Å². The maximum atomic E-state index is 14.2. The maximum Gasteiger partial charge on any atom is 0.348 e. The minimum absolute atomic E-state index is 0.0551. The molecule has 0 amide bonds. The van der Waals surface area contributed by atoms with Crippen LogP contribution >= 0.6 is 137 Å². The molecule has 0 saturated heterocycles. The molecule has 12 aromatic heterocycles. The highest BCUT2D eigenvalue weighted by Crippen LogP contribution is 2.61. The number of aryl methyl sites for hydroxylation is 4. The quantitative estimate of drug-likeness (QED) is 0.0200. The van der Waals surface area contributed by atoms with Gasteiger partial charge in [0.2, 0.25) is 0 Å². The first-order valence-corrected chi connectivity index (χ1v) is 65.2. The predicted octanol–water partition coefficient (Wildman–Crippen LogP) is 41.8. The van der Waals surface area contributed by atoms with Crippen LogP contribution in [-0.4, -0.2) is 81.0 Å². The molecule has 12 heterocycles. The van der Waals surface area contributed by atoms with Gasteiger partial charge in [-0.1, -0.05) is 310 Å². The summed E-state index contributed by atoms with van der Waals surface area (Å²) in [5.74, 6) is 2.34. The van der Waals surface area contributed by atoms with Crippen LogP contribution in [0.25, 0.3) is 156 Å². The molecule has 4 unspecified atom stereocenters. The number of nitrogens with zero attached hydrogens (tertiary/aromatic N) is 4. The Kier molecular flexibility index (Phi) is 39.7. The van der Waals surface area contributed by atoms with Crippen LogP contribution in [0.5, 0.6) is 11.5 Å². The normalized spacial score (nSPS) is 13.3. The average molecular weight is 2230 g/mol. The first-order chi connectivity index (χ1) is 72.7. The molecular formula is C123H148N4O10S12. The molecule has 0 N–H and O–H groups in total. The monoisotopic (exact) mass is 2220 g/mol. The fraction of sp³-hybridized carbons (Fsp3) is 0.496. The van der Waals surface area contributed by atoms with Crippen molar-refractivity contribution in [1.29, 1.82) is 0 Å². The fourth-order valence-corrected chi connectivity index (χ4v) is 34.8. The van der Waals surface area contributed by atoms with Gasteiger partial charge < -0.3 is 28.4 Å². The number of carbonyl (C=O) groups excluding carboxylic acids is 4. The maximum absolute atomic E-state index is 14.2. The summed E-state index contributed by atoms with van der Waals surface area (Å²) < 4.78 is 64.5. The van der Waals surface area contributed by atoms with E-state index in [0.717, 1.165) is 297 Å². The summed E-state index contributed by atoms with van der Waals surface area (Å²) in [5, 5.41) is 6.50. The molecule has 17 aromatic rings. The Hall–Kier alpha value is -8.22. The van der Waals surface area contributed by atoms with Crippen LogP contribution in [-0.2, 0) is 24.4 Å². The molecular weight excluding hydrogens is 2080 g/mol. The third-order valence-corrected chi connectivity index (χ3v) is 43.7. The van der Waals surface area contributed by atoms with Gasteiger partial charge in [0, 0.05) is 84.4 Å². The molecule has 5 aromatic carbocycles. The highest BCUT2D eigenvalue weighted by molar-refractivity contribution is 7.33. The Balaban J connectivity index is 0.000000203. The molecule has 1 aliphatic carbocycles. The second-order valence-corrected chi connectivity index (χ2v) is 53.2. The number of fused-ring (bicyclic) bond motifs is 11. The molecule has 18 rings (SSSR count). The summed E-state index contributed by atoms with van der Waals surface area (Å²) in [6.07, 6.45) is 38.5. The van der Waals surface area contributed by atoms with Crippen molar-refractivity contribution in [3.8, 4) is 84.6 Å². The van der Waals surface area contributed by atoms with Gasteiger partial charge in [0.05, 0.1) is 116 Å². The van der Waals surface area contributed by atoms with E-state index in [0.29, 0.717) is 82.8 Å². The Bertz CT molecular complexity index is 7390. The lowest BCUT2D eigenvalue weighted by atomic mass is 9.70. The molecule has 26 heteroatoms. The highest BCUT2D eigenvalue weighted by Gasteiger charge is 2.44. The zero-order valence-corrected chi connectivity index (χ0v) is 99.9. The molecule has 14 nitrogen and oxygen atoms in total. The largest absolute Gasteiger partial charge is 0.491 e. The molecule has 1 aliphatic rings. The number of thiophene rings is 10. The van der Waals surface area contributed by atoms with Gasteiger partial charge in [-0.15, -0.1) is 113 Å². The van der Waals surface area contributed by atoms with Crippen molar-refractivity contribution in [1.82, 2.24) is 17.5 Å². The number of carbonyl (C=O) groups is 4. The summed E-state index contributed by atoms with van der Waals surface area (Å²) in [6.45, 7) is 38.5. The van der Waals surface area contributed by atoms with Gasteiger partial charge in [0.25, 0.3) is 0 Å². The van der Waals surface area contributed by atoms with Crippen LogP contribution in [0.1, 0.15) is 371 Å². The molecule has 792 valence electrons. The molecule has 0 fully saturated rings. The van der Waals surface area contributed by atoms with Crippen molar-refractivity contribution in [3.63, 3.8) is 0 Å². The highest BCUT2D eigenvalue weighted by atomic mass is 32.1. The van der Waals surface area contributed by atoms with Gasteiger partial charge in [0.15, 0.2) is 0 Å². The summed E-state index contributed by atoms with van der Waals surface area (Å²) in [7, 11) is 0. The molecule has 4 atom stereocenters. The average Bonchev–Trinajstić information content (AvgIpc) is 1.55. The minimum Gasteiger partial charge on any atom is -0.491 e. The molecule has 0 radical (unpaired) electrons. The second-order valence-electron chi connectivity index (χ2n) is 41.2. The van der Waals surface area contributed by atoms with Gasteiger partial charge >= 0.3 is 23.9 Å². The number of hydrogen-bond donors (Lipinski definition) is 0. The Morgan fingerprint density at radius 1 is 0.295 bits per heavy atom. The van der Waals surface area contributed by atoms with E-state index in [4.69, 9.17) is 45.9 Å². The van der Waals surface area contributed by atoms with E-state index in [2.05, 4.69) is 196 Å². The zero-order valence-electron chi connectivity index (χ0n) is 90.1. The third kappa shape index (κ3) is 24.7. The number of esters is 4. The number of ether oxygens (including phenoxy) is 6. The van der Waals surface area contributed by atoms with Gasteiger partial charge in [-0.3, -0.25) is 0 Å². The smallest absolute Gasteiger partial charge is 0.348 e. The lowest BCUT2D eigenvalue weighted by molar-refractivity contribution is 0.0425. The lowest BCUT2D eigenvalue weighted by Gasteiger charge is -2.33. The van der Waals surface area contributed by atoms with E-state index in [9.17, 15) is 19.2 Å². The Morgan fingerprint density at radius 3 is 1.03 bits per heavy atom. The first-order valence-electron chi connectivity index (χ1n) is 55.6. The van der Waals surface area contributed by atoms with Crippen molar-refractivity contribution in [2.24, 2.45) is 23.7 Å². The van der Waals surface area contributed by atoms with Crippen molar-refractivity contribution < 1.29 is 47.6 Å². The van der Waals surface area contributed by atoms with Crippen LogP contribution in [0, 0.1) is 51.4 Å².